The van der Waals surface area contributed by atoms with Crippen LogP contribution in [0.3, 0.4) is 0 Å². The molecule has 1 aromatic carbocycles. The number of nitrogens with one attached hydrogen (secondary N) is 1. The summed E-state index contributed by atoms with van der Waals surface area (Å²) in [6, 6.07) is 5.91. The topological polar surface area (TPSA) is 12.0 Å². The zero-order valence-corrected chi connectivity index (χ0v) is 10.6. The van der Waals surface area contributed by atoms with Gasteiger partial charge in [-0.15, -0.1) is 12.4 Å². The van der Waals surface area contributed by atoms with E-state index in [4.69, 9.17) is 23.2 Å². The highest BCUT2D eigenvalue weighted by atomic mass is 35.5. The molecule has 0 atom stereocenters. The molecule has 0 amide bonds. The van der Waals surface area contributed by atoms with Crippen LogP contribution in [0.15, 0.2) is 18.2 Å². The molecule has 0 bridgehead atoms. The van der Waals surface area contributed by atoms with Crippen LogP contribution in [0.25, 0.3) is 0 Å². The zero-order valence-electron chi connectivity index (χ0n) is 8.30. The molecule has 1 heterocycles. The summed E-state index contributed by atoms with van der Waals surface area (Å²) in [5, 5.41) is 4.75. The van der Waals surface area contributed by atoms with E-state index in [1.165, 1.54) is 5.56 Å². The van der Waals surface area contributed by atoms with E-state index in [0.29, 0.717) is 10.9 Å². The van der Waals surface area contributed by atoms with Crippen LogP contribution in [-0.2, 0) is 0 Å². The van der Waals surface area contributed by atoms with Crippen molar-refractivity contribution < 1.29 is 0 Å². The maximum atomic E-state index is 6.17. The van der Waals surface area contributed by atoms with Gasteiger partial charge in [-0.05, 0) is 43.5 Å². The molecule has 1 N–H and O–H groups in total. The van der Waals surface area contributed by atoms with Gasteiger partial charge in [0.15, 0.2) is 0 Å². The SMILES string of the molecule is Cl.Clc1cccc(C2CCNCC2)c1Cl. The summed E-state index contributed by atoms with van der Waals surface area (Å²) in [5.74, 6) is 0.572. The van der Waals surface area contributed by atoms with Crippen LogP contribution in [0.5, 0.6) is 0 Å². The van der Waals surface area contributed by atoms with Gasteiger partial charge < -0.3 is 5.32 Å². The van der Waals surface area contributed by atoms with Gasteiger partial charge in [-0.25, -0.2) is 0 Å². The van der Waals surface area contributed by atoms with Crippen molar-refractivity contribution in [1.29, 1.82) is 0 Å². The lowest BCUT2D eigenvalue weighted by Crippen LogP contribution is -2.26. The van der Waals surface area contributed by atoms with Gasteiger partial charge in [0.2, 0.25) is 0 Å². The van der Waals surface area contributed by atoms with Crippen molar-refractivity contribution in [3.05, 3.63) is 33.8 Å². The van der Waals surface area contributed by atoms with Crippen LogP contribution in [0.1, 0.15) is 24.3 Å². The van der Waals surface area contributed by atoms with E-state index >= 15 is 0 Å². The van der Waals surface area contributed by atoms with Gasteiger partial charge >= 0.3 is 0 Å². The average molecular weight is 267 g/mol. The number of benzene rings is 1. The molecule has 1 fully saturated rings. The Labute approximate surface area is 107 Å². The van der Waals surface area contributed by atoms with Crippen LogP contribution in [-0.4, -0.2) is 13.1 Å². The van der Waals surface area contributed by atoms with Gasteiger partial charge in [0, 0.05) is 0 Å². The molecule has 1 aromatic rings. The molecule has 0 unspecified atom stereocenters. The first kappa shape index (κ1) is 13.1. The van der Waals surface area contributed by atoms with E-state index in [1.54, 1.807) is 0 Å². The van der Waals surface area contributed by atoms with E-state index in [1.807, 2.05) is 12.1 Å². The van der Waals surface area contributed by atoms with Crippen LogP contribution in [0.2, 0.25) is 10.0 Å². The average Bonchev–Trinajstić information content (AvgIpc) is 2.23. The first-order valence-electron chi connectivity index (χ1n) is 4.93. The van der Waals surface area contributed by atoms with E-state index in [-0.39, 0.29) is 12.4 Å². The van der Waals surface area contributed by atoms with E-state index in [0.717, 1.165) is 31.0 Å². The van der Waals surface area contributed by atoms with Crippen molar-refractivity contribution in [3.63, 3.8) is 0 Å². The smallest absolute Gasteiger partial charge is 0.0627 e. The summed E-state index contributed by atoms with van der Waals surface area (Å²) >= 11 is 12.2. The molecule has 0 radical (unpaired) electrons. The van der Waals surface area contributed by atoms with Crippen molar-refractivity contribution in [2.75, 3.05) is 13.1 Å². The lowest BCUT2D eigenvalue weighted by atomic mass is 9.90. The lowest BCUT2D eigenvalue weighted by Gasteiger charge is -2.24. The molecule has 0 aliphatic carbocycles. The second-order valence-electron chi connectivity index (χ2n) is 3.67. The van der Waals surface area contributed by atoms with Crippen molar-refractivity contribution in [3.8, 4) is 0 Å². The number of hydrogen-bond donors (Lipinski definition) is 1. The Bertz CT molecular complexity index is 322. The highest BCUT2D eigenvalue weighted by Gasteiger charge is 2.18. The highest BCUT2D eigenvalue weighted by molar-refractivity contribution is 6.42. The van der Waals surface area contributed by atoms with Crippen LogP contribution in [0, 0.1) is 0 Å². The molecule has 2 rings (SSSR count). The molecular formula is C11H14Cl3N. The fourth-order valence-corrected chi connectivity index (χ4v) is 2.43. The second-order valence-corrected chi connectivity index (χ2v) is 4.45. The zero-order chi connectivity index (χ0) is 9.97. The van der Waals surface area contributed by atoms with Gasteiger partial charge in [-0.3, -0.25) is 0 Å². The maximum absolute atomic E-state index is 6.17. The third kappa shape index (κ3) is 3.01. The molecule has 84 valence electrons. The highest BCUT2D eigenvalue weighted by Crippen LogP contribution is 2.34. The second kappa shape index (κ2) is 5.95. The predicted molar refractivity (Wildman–Crippen MR) is 68.6 cm³/mol. The Morgan fingerprint density at radius 2 is 1.80 bits per heavy atom. The molecule has 1 nitrogen and oxygen atoms in total. The summed E-state index contributed by atoms with van der Waals surface area (Å²) < 4.78 is 0. The molecule has 15 heavy (non-hydrogen) atoms. The minimum absolute atomic E-state index is 0. The molecule has 1 aliphatic rings. The molecule has 4 heteroatoms. The first-order chi connectivity index (χ1) is 6.79. The van der Waals surface area contributed by atoms with Gasteiger partial charge in [0.1, 0.15) is 0 Å². The molecule has 0 spiro atoms. The summed E-state index contributed by atoms with van der Waals surface area (Å²) in [7, 11) is 0. The minimum atomic E-state index is 0. The Morgan fingerprint density at radius 1 is 1.13 bits per heavy atom. The summed E-state index contributed by atoms with van der Waals surface area (Å²) in [6.07, 6.45) is 2.31. The Hall–Kier alpha value is 0.0500. The predicted octanol–water partition coefficient (Wildman–Crippen LogP) is 3.88. The quantitative estimate of drug-likeness (QED) is 0.813. The minimum Gasteiger partial charge on any atom is -0.317 e. The van der Waals surface area contributed by atoms with Gasteiger partial charge in [-0.1, -0.05) is 35.3 Å². The van der Waals surface area contributed by atoms with Crippen molar-refractivity contribution in [2.45, 2.75) is 18.8 Å². The van der Waals surface area contributed by atoms with Crippen LogP contribution >= 0.6 is 35.6 Å². The standard InChI is InChI=1S/C11H13Cl2N.ClH/c12-10-3-1-2-9(11(10)13)8-4-6-14-7-5-8;/h1-3,8,14H,4-7H2;1H. The summed E-state index contributed by atoms with van der Waals surface area (Å²) in [5.41, 5.74) is 1.21. The van der Waals surface area contributed by atoms with E-state index in [9.17, 15) is 0 Å². The van der Waals surface area contributed by atoms with Crippen LogP contribution in [0.4, 0.5) is 0 Å². The third-order valence-corrected chi connectivity index (χ3v) is 3.59. The lowest BCUT2D eigenvalue weighted by molar-refractivity contribution is 0.460. The normalized spacial score (nSPS) is 17.2. The fraction of sp³-hybridized carbons (Fsp3) is 0.455. The van der Waals surface area contributed by atoms with Gasteiger partial charge in [-0.2, -0.15) is 0 Å². The Kier molecular flexibility index (Phi) is 5.20. The summed E-state index contributed by atoms with van der Waals surface area (Å²) in [4.78, 5) is 0. The molecular weight excluding hydrogens is 252 g/mol. The van der Waals surface area contributed by atoms with E-state index in [2.05, 4.69) is 11.4 Å². The van der Waals surface area contributed by atoms with Gasteiger partial charge in [0.05, 0.1) is 10.0 Å². The third-order valence-electron chi connectivity index (χ3n) is 2.76. The van der Waals surface area contributed by atoms with E-state index < -0.39 is 0 Å². The molecule has 0 saturated carbocycles. The largest absolute Gasteiger partial charge is 0.317 e. The monoisotopic (exact) mass is 265 g/mol. The summed E-state index contributed by atoms with van der Waals surface area (Å²) in [6.45, 7) is 2.15. The van der Waals surface area contributed by atoms with Crippen molar-refractivity contribution in [1.82, 2.24) is 5.32 Å². The Balaban J connectivity index is 0.00000112. The molecule has 0 aromatic heterocycles. The Morgan fingerprint density at radius 3 is 2.47 bits per heavy atom. The fourth-order valence-electron chi connectivity index (χ4n) is 1.97. The molecule has 1 aliphatic heterocycles. The van der Waals surface area contributed by atoms with Crippen LogP contribution < -0.4 is 5.32 Å². The van der Waals surface area contributed by atoms with Crippen molar-refractivity contribution in [2.24, 2.45) is 0 Å². The number of halogens is 3. The van der Waals surface area contributed by atoms with Gasteiger partial charge in [0.25, 0.3) is 0 Å². The molecule has 1 saturated heterocycles. The first-order valence-corrected chi connectivity index (χ1v) is 5.69. The number of hydrogen-bond acceptors (Lipinski definition) is 1. The van der Waals surface area contributed by atoms with Crippen molar-refractivity contribution >= 4 is 35.6 Å². The number of rotatable bonds is 1. The number of piperidine rings is 1. The maximum Gasteiger partial charge on any atom is 0.0627 e.